The van der Waals surface area contributed by atoms with E-state index in [1.165, 1.54) is 19.8 Å². The summed E-state index contributed by atoms with van der Waals surface area (Å²) in [5.74, 6) is 4.96. The molecule has 5 N–H and O–H groups in total. The Hall–Kier alpha value is -0.160. The van der Waals surface area contributed by atoms with Crippen molar-refractivity contribution in [1.82, 2.24) is 5.43 Å². The monoisotopic (exact) mass is 164 g/mol. The van der Waals surface area contributed by atoms with Gasteiger partial charge in [0.15, 0.2) is 0 Å². The van der Waals surface area contributed by atoms with Gasteiger partial charge in [0.2, 0.25) is 0 Å². The lowest BCUT2D eigenvalue weighted by Gasteiger charge is -1.90. The van der Waals surface area contributed by atoms with E-state index in [-0.39, 0.29) is 6.61 Å². The van der Waals surface area contributed by atoms with Gasteiger partial charge in [0.25, 0.3) is 0 Å². The second-order valence-corrected chi connectivity index (χ2v) is 2.34. The fourth-order valence-corrected chi connectivity index (χ4v) is 0.279. The fourth-order valence-electron chi connectivity index (χ4n) is 0.279. The topological polar surface area (TPSA) is 78.5 Å². The lowest BCUT2D eigenvalue weighted by atomic mass is 10.3. The molecule has 0 saturated carbocycles. The number of rotatable bonds is 4. The molecule has 0 bridgehead atoms. The van der Waals surface area contributed by atoms with E-state index in [0.717, 1.165) is 6.54 Å². The molecule has 0 aromatic carbocycles. The Balaban J connectivity index is 0. The van der Waals surface area contributed by atoms with Crippen LogP contribution in [0, 0.1) is 0 Å². The first-order valence-corrected chi connectivity index (χ1v) is 3.91. The standard InChI is InChI=1S/C4H12N2.C3H8O2/c1-2-3-4-6-5;1-3(5)2-4/h6H,2-5H2,1H3;3-5H,2H2,1H3. The lowest BCUT2D eigenvalue weighted by molar-refractivity contribution is 0.110. The van der Waals surface area contributed by atoms with Gasteiger partial charge in [-0.05, 0) is 13.3 Å². The molecule has 0 aromatic rings. The highest BCUT2D eigenvalue weighted by Gasteiger charge is 1.83. The van der Waals surface area contributed by atoms with E-state index in [9.17, 15) is 0 Å². The van der Waals surface area contributed by atoms with E-state index in [2.05, 4.69) is 12.3 Å². The van der Waals surface area contributed by atoms with Crippen molar-refractivity contribution < 1.29 is 10.2 Å². The van der Waals surface area contributed by atoms with Crippen molar-refractivity contribution >= 4 is 0 Å². The molecule has 0 spiro atoms. The van der Waals surface area contributed by atoms with Crippen molar-refractivity contribution in [2.45, 2.75) is 32.8 Å². The van der Waals surface area contributed by atoms with Crippen molar-refractivity contribution in [3.8, 4) is 0 Å². The lowest BCUT2D eigenvalue weighted by Crippen LogP contribution is -2.22. The van der Waals surface area contributed by atoms with Crippen LogP contribution in [0.25, 0.3) is 0 Å². The number of hydrazine groups is 1. The molecule has 4 heteroatoms. The van der Waals surface area contributed by atoms with E-state index in [1.54, 1.807) is 0 Å². The molecular formula is C7H20N2O2. The van der Waals surface area contributed by atoms with E-state index < -0.39 is 6.10 Å². The minimum atomic E-state index is -0.560. The maximum Gasteiger partial charge on any atom is 0.0742 e. The summed E-state index contributed by atoms with van der Waals surface area (Å²) in [5.41, 5.74) is 2.57. The number of nitrogens with two attached hydrogens (primary N) is 1. The van der Waals surface area contributed by atoms with Crippen LogP contribution in [0.4, 0.5) is 0 Å². The summed E-state index contributed by atoms with van der Waals surface area (Å²) >= 11 is 0. The molecule has 0 rings (SSSR count). The highest BCUT2D eigenvalue weighted by Crippen LogP contribution is 1.78. The third-order valence-electron chi connectivity index (χ3n) is 0.939. The van der Waals surface area contributed by atoms with Crippen LogP contribution >= 0.6 is 0 Å². The molecule has 0 aromatic heterocycles. The summed E-state index contributed by atoms with van der Waals surface area (Å²) in [6.07, 6.45) is 1.83. The summed E-state index contributed by atoms with van der Waals surface area (Å²) in [5, 5.41) is 16.0. The van der Waals surface area contributed by atoms with Gasteiger partial charge >= 0.3 is 0 Å². The molecule has 70 valence electrons. The van der Waals surface area contributed by atoms with Crippen molar-refractivity contribution in [2.24, 2.45) is 5.84 Å². The van der Waals surface area contributed by atoms with Crippen molar-refractivity contribution in [2.75, 3.05) is 13.2 Å². The third kappa shape index (κ3) is 25.8. The summed E-state index contributed by atoms with van der Waals surface area (Å²) in [6, 6.07) is 0. The number of nitrogens with one attached hydrogen (secondary N) is 1. The smallest absolute Gasteiger partial charge is 0.0742 e. The highest BCUT2D eigenvalue weighted by molar-refractivity contribution is 4.34. The summed E-state index contributed by atoms with van der Waals surface area (Å²) in [6.45, 7) is 4.47. The number of hydrogen-bond donors (Lipinski definition) is 4. The first kappa shape index (κ1) is 13.4. The first-order valence-electron chi connectivity index (χ1n) is 3.91. The molecule has 0 aliphatic carbocycles. The van der Waals surface area contributed by atoms with Crippen molar-refractivity contribution in [3.05, 3.63) is 0 Å². The Morgan fingerprint density at radius 1 is 1.55 bits per heavy atom. The average molecular weight is 164 g/mol. The van der Waals surface area contributed by atoms with Gasteiger partial charge in [-0.3, -0.25) is 11.3 Å². The predicted molar refractivity (Wildman–Crippen MR) is 45.9 cm³/mol. The van der Waals surface area contributed by atoms with Crippen LogP contribution in [0.3, 0.4) is 0 Å². The Morgan fingerprint density at radius 3 is 2.09 bits per heavy atom. The van der Waals surface area contributed by atoms with Crippen LogP contribution in [0.5, 0.6) is 0 Å². The van der Waals surface area contributed by atoms with Crippen LogP contribution in [0.15, 0.2) is 0 Å². The first-order chi connectivity index (χ1) is 5.18. The number of aliphatic hydroxyl groups excluding tert-OH is 2. The third-order valence-corrected chi connectivity index (χ3v) is 0.939. The van der Waals surface area contributed by atoms with Crippen LogP contribution in [-0.2, 0) is 0 Å². The van der Waals surface area contributed by atoms with Gasteiger partial charge in [-0.15, -0.1) is 0 Å². The molecule has 4 nitrogen and oxygen atoms in total. The zero-order valence-electron chi connectivity index (χ0n) is 7.38. The second-order valence-electron chi connectivity index (χ2n) is 2.34. The van der Waals surface area contributed by atoms with Gasteiger partial charge in [0.1, 0.15) is 0 Å². The molecule has 0 fully saturated rings. The molecule has 1 atom stereocenters. The zero-order chi connectivity index (χ0) is 9.11. The van der Waals surface area contributed by atoms with Crippen LogP contribution in [0.2, 0.25) is 0 Å². The summed E-state index contributed by atoms with van der Waals surface area (Å²) in [4.78, 5) is 0. The quantitative estimate of drug-likeness (QED) is 0.259. The van der Waals surface area contributed by atoms with Crippen LogP contribution in [0.1, 0.15) is 26.7 Å². The van der Waals surface area contributed by atoms with E-state index in [1.807, 2.05) is 0 Å². The molecule has 0 aliphatic rings. The van der Waals surface area contributed by atoms with Gasteiger partial charge in [0, 0.05) is 6.54 Å². The minimum absolute atomic E-state index is 0.139. The molecule has 0 saturated heterocycles. The second kappa shape index (κ2) is 12.5. The van der Waals surface area contributed by atoms with Crippen molar-refractivity contribution in [3.63, 3.8) is 0 Å². The maximum absolute atomic E-state index is 8.11. The molecular weight excluding hydrogens is 144 g/mol. The van der Waals surface area contributed by atoms with E-state index >= 15 is 0 Å². The minimum Gasteiger partial charge on any atom is -0.394 e. The summed E-state index contributed by atoms with van der Waals surface area (Å²) in [7, 11) is 0. The van der Waals surface area contributed by atoms with Gasteiger partial charge in [0.05, 0.1) is 12.7 Å². The molecule has 0 aliphatic heterocycles. The zero-order valence-corrected chi connectivity index (χ0v) is 7.38. The van der Waals surface area contributed by atoms with E-state index in [4.69, 9.17) is 16.1 Å². The Kier molecular flexibility index (Phi) is 15.3. The number of aliphatic hydroxyl groups is 2. The Morgan fingerprint density at radius 2 is 2.00 bits per heavy atom. The van der Waals surface area contributed by atoms with Crippen LogP contribution < -0.4 is 11.3 Å². The SMILES string of the molecule is CC(O)CO.CCCCNN. The highest BCUT2D eigenvalue weighted by atomic mass is 16.3. The van der Waals surface area contributed by atoms with E-state index in [0.29, 0.717) is 0 Å². The normalized spacial score (nSPS) is 11.7. The molecule has 0 heterocycles. The van der Waals surface area contributed by atoms with Crippen molar-refractivity contribution in [1.29, 1.82) is 0 Å². The fraction of sp³-hybridized carbons (Fsp3) is 1.00. The number of hydrogen-bond acceptors (Lipinski definition) is 4. The van der Waals surface area contributed by atoms with Gasteiger partial charge in [-0.2, -0.15) is 0 Å². The summed E-state index contributed by atoms with van der Waals surface area (Å²) < 4.78 is 0. The maximum atomic E-state index is 8.11. The molecule has 11 heavy (non-hydrogen) atoms. The molecule has 0 radical (unpaired) electrons. The molecule has 1 unspecified atom stereocenters. The van der Waals surface area contributed by atoms with Gasteiger partial charge in [-0.1, -0.05) is 13.3 Å². The Bertz CT molecular complexity index is 56.4. The number of unbranched alkanes of at least 4 members (excludes halogenated alkanes) is 1. The van der Waals surface area contributed by atoms with Gasteiger partial charge < -0.3 is 10.2 Å². The largest absolute Gasteiger partial charge is 0.394 e. The average Bonchev–Trinajstić information content (AvgIpc) is 2.02. The Labute approximate surface area is 68.4 Å². The predicted octanol–water partition coefficient (Wildman–Crippen LogP) is -0.391. The van der Waals surface area contributed by atoms with Gasteiger partial charge in [-0.25, -0.2) is 0 Å². The van der Waals surface area contributed by atoms with Crippen LogP contribution in [-0.4, -0.2) is 29.5 Å². The molecule has 0 amide bonds.